The minimum Gasteiger partial charge on any atom is -0.342 e. The van der Waals surface area contributed by atoms with Crippen molar-refractivity contribution in [3.8, 4) is 11.3 Å². The van der Waals surface area contributed by atoms with Crippen LogP contribution in [0.15, 0.2) is 30.7 Å². The predicted molar refractivity (Wildman–Crippen MR) is 68.7 cm³/mol. The summed E-state index contributed by atoms with van der Waals surface area (Å²) in [6, 6.07) is 4.47. The van der Waals surface area contributed by atoms with Crippen molar-refractivity contribution in [1.82, 2.24) is 20.3 Å². The molecule has 0 radical (unpaired) electrons. The van der Waals surface area contributed by atoms with Gasteiger partial charge in [-0.25, -0.2) is 4.98 Å². The Morgan fingerprint density at radius 2 is 2.24 bits per heavy atom. The molecule has 0 spiro atoms. The van der Waals surface area contributed by atoms with Gasteiger partial charge in [0.25, 0.3) is 0 Å². The van der Waals surface area contributed by atoms with Gasteiger partial charge < -0.3 is 10.3 Å². The zero-order valence-electron chi connectivity index (χ0n) is 10.3. The summed E-state index contributed by atoms with van der Waals surface area (Å²) in [7, 11) is 0. The van der Waals surface area contributed by atoms with Gasteiger partial charge in [0, 0.05) is 37.0 Å². The van der Waals surface area contributed by atoms with Crippen molar-refractivity contribution in [3.63, 3.8) is 0 Å². The second-order valence-electron chi connectivity index (χ2n) is 4.34. The Morgan fingerprint density at radius 3 is 2.94 bits per heavy atom. The molecule has 4 heteroatoms. The number of hydrogen-bond donors (Lipinski definition) is 2. The van der Waals surface area contributed by atoms with E-state index in [2.05, 4.69) is 34.1 Å². The van der Waals surface area contributed by atoms with Crippen LogP contribution in [0.4, 0.5) is 0 Å². The van der Waals surface area contributed by atoms with E-state index >= 15 is 0 Å². The molecule has 0 unspecified atom stereocenters. The lowest BCUT2D eigenvalue weighted by atomic mass is 10.2. The molecule has 0 aliphatic rings. The summed E-state index contributed by atoms with van der Waals surface area (Å²) in [6.45, 7) is 5.23. The molecule has 0 atom stereocenters. The number of nitrogens with one attached hydrogen (secondary N) is 2. The highest BCUT2D eigenvalue weighted by atomic mass is 14.9. The van der Waals surface area contributed by atoms with Crippen LogP contribution in [-0.4, -0.2) is 27.5 Å². The SMILES string of the molecule is CC(C)NCCc1ncc(-c2cccnc2)[nH]1. The molecule has 2 heterocycles. The second-order valence-corrected chi connectivity index (χ2v) is 4.34. The molecule has 0 amide bonds. The van der Waals surface area contributed by atoms with Gasteiger partial charge in [-0.2, -0.15) is 0 Å². The molecule has 4 nitrogen and oxygen atoms in total. The molecule has 0 aliphatic heterocycles. The largest absolute Gasteiger partial charge is 0.342 e. The van der Waals surface area contributed by atoms with Gasteiger partial charge in [0.05, 0.1) is 11.9 Å². The van der Waals surface area contributed by atoms with Crippen molar-refractivity contribution in [2.75, 3.05) is 6.54 Å². The standard InChI is InChI=1S/C13H18N4/c1-10(2)15-7-5-13-16-9-12(17-13)11-4-3-6-14-8-11/h3-4,6,8-10,15H,5,7H2,1-2H3,(H,16,17). The topological polar surface area (TPSA) is 53.6 Å². The summed E-state index contributed by atoms with van der Waals surface area (Å²) in [5, 5.41) is 3.37. The summed E-state index contributed by atoms with van der Waals surface area (Å²) < 4.78 is 0. The fourth-order valence-electron chi connectivity index (χ4n) is 1.64. The average molecular weight is 230 g/mol. The van der Waals surface area contributed by atoms with Crippen LogP contribution in [0.5, 0.6) is 0 Å². The summed E-state index contributed by atoms with van der Waals surface area (Å²) in [5.41, 5.74) is 2.10. The number of pyridine rings is 1. The monoisotopic (exact) mass is 230 g/mol. The average Bonchev–Trinajstić information content (AvgIpc) is 2.78. The number of H-pyrrole nitrogens is 1. The molecule has 17 heavy (non-hydrogen) atoms. The maximum Gasteiger partial charge on any atom is 0.107 e. The number of aromatic nitrogens is 3. The first-order valence-electron chi connectivity index (χ1n) is 5.93. The first-order valence-corrected chi connectivity index (χ1v) is 5.93. The third-order valence-corrected chi connectivity index (χ3v) is 2.52. The first kappa shape index (κ1) is 11.8. The maximum atomic E-state index is 4.37. The predicted octanol–water partition coefficient (Wildman–Crippen LogP) is 2.01. The Labute approximate surface area is 102 Å². The van der Waals surface area contributed by atoms with Crippen molar-refractivity contribution in [1.29, 1.82) is 0 Å². The Bertz CT molecular complexity index is 447. The molecule has 2 rings (SSSR count). The van der Waals surface area contributed by atoms with Crippen LogP contribution in [0.1, 0.15) is 19.7 Å². The highest BCUT2D eigenvalue weighted by Gasteiger charge is 2.03. The summed E-state index contributed by atoms with van der Waals surface area (Å²) in [4.78, 5) is 11.8. The van der Waals surface area contributed by atoms with Gasteiger partial charge in [0.15, 0.2) is 0 Å². The zero-order valence-corrected chi connectivity index (χ0v) is 10.3. The van der Waals surface area contributed by atoms with Crippen molar-refractivity contribution in [3.05, 3.63) is 36.5 Å². The molecular formula is C13H18N4. The van der Waals surface area contributed by atoms with Gasteiger partial charge in [-0.15, -0.1) is 0 Å². The number of rotatable bonds is 5. The van der Waals surface area contributed by atoms with E-state index < -0.39 is 0 Å². The minimum atomic E-state index is 0.516. The molecule has 2 aromatic rings. The summed E-state index contributed by atoms with van der Waals surface area (Å²) >= 11 is 0. The van der Waals surface area contributed by atoms with E-state index in [1.54, 1.807) is 6.20 Å². The minimum absolute atomic E-state index is 0.516. The number of hydrogen-bond acceptors (Lipinski definition) is 3. The molecular weight excluding hydrogens is 212 g/mol. The Balaban J connectivity index is 1.97. The van der Waals surface area contributed by atoms with Crippen LogP contribution >= 0.6 is 0 Å². The highest BCUT2D eigenvalue weighted by Crippen LogP contribution is 2.14. The third kappa shape index (κ3) is 3.39. The van der Waals surface area contributed by atoms with Crippen LogP contribution in [-0.2, 0) is 6.42 Å². The van der Waals surface area contributed by atoms with Gasteiger partial charge in [0.1, 0.15) is 5.82 Å². The molecule has 0 saturated heterocycles. The molecule has 0 fully saturated rings. The molecule has 0 aromatic carbocycles. The van der Waals surface area contributed by atoms with E-state index in [1.165, 1.54) is 0 Å². The zero-order chi connectivity index (χ0) is 12.1. The van der Waals surface area contributed by atoms with Gasteiger partial charge in [-0.1, -0.05) is 13.8 Å². The normalized spacial score (nSPS) is 11.0. The highest BCUT2D eigenvalue weighted by molar-refractivity contribution is 5.56. The summed E-state index contributed by atoms with van der Waals surface area (Å²) in [6.07, 6.45) is 6.39. The van der Waals surface area contributed by atoms with Crippen molar-refractivity contribution < 1.29 is 0 Å². The van der Waals surface area contributed by atoms with E-state index in [-0.39, 0.29) is 0 Å². The fraction of sp³-hybridized carbons (Fsp3) is 0.385. The van der Waals surface area contributed by atoms with Crippen molar-refractivity contribution >= 4 is 0 Å². The number of imidazole rings is 1. The lowest BCUT2D eigenvalue weighted by Gasteiger charge is -2.05. The van der Waals surface area contributed by atoms with Gasteiger partial charge in [0.2, 0.25) is 0 Å². The van der Waals surface area contributed by atoms with Crippen molar-refractivity contribution in [2.45, 2.75) is 26.3 Å². The first-order chi connectivity index (χ1) is 8.25. The lowest BCUT2D eigenvalue weighted by Crippen LogP contribution is -2.25. The number of aromatic amines is 1. The van der Waals surface area contributed by atoms with Gasteiger partial charge in [-0.3, -0.25) is 4.98 Å². The van der Waals surface area contributed by atoms with E-state index in [4.69, 9.17) is 0 Å². The van der Waals surface area contributed by atoms with Crippen LogP contribution in [0.25, 0.3) is 11.3 Å². The second kappa shape index (κ2) is 5.59. The van der Waals surface area contributed by atoms with E-state index in [9.17, 15) is 0 Å². The smallest absolute Gasteiger partial charge is 0.107 e. The molecule has 2 aromatic heterocycles. The lowest BCUT2D eigenvalue weighted by molar-refractivity contribution is 0.584. The van der Waals surface area contributed by atoms with E-state index in [1.807, 2.05) is 24.5 Å². The van der Waals surface area contributed by atoms with Crippen LogP contribution < -0.4 is 5.32 Å². The van der Waals surface area contributed by atoms with Crippen LogP contribution in [0.3, 0.4) is 0 Å². The van der Waals surface area contributed by atoms with E-state index in [0.29, 0.717) is 6.04 Å². The molecule has 0 saturated carbocycles. The van der Waals surface area contributed by atoms with Crippen LogP contribution in [0.2, 0.25) is 0 Å². The Hall–Kier alpha value is -1.68. The summed E-state index contributed by atoms with van der Waals surface area (Å²) in [5.74, 6) is 1.01. The van der Waals surface area contributed by atoms with Gasteiger partial charge >= 0.3 is 0 Å². The maximum absolute atomic E-state index is 4.37. The quantitative estimate of drug-likeness (QED) is 0.826. The molecule has 0 aliphatic carbocycles. The fourth-order valence-corrected chi connectivity index (χ4v) is 1.64. The molecule has 0 bridgehead atoms. The van der Waals surface area contributed by atoms with Crippen LogP contribution in [0, 0.1) is 0 Å². The molecule has 90 valence electrons. The van der Waals surface area contributed by atoms with Crippen molar-refractivity contribution in [2.24, 2.45) is 0 Å². The third-order valence-electron chi connectivity index (χ3n) is 2.52. The molecule has 2 N–H and O–H groups in total. The van der Waals surface area contributed by atoms with Gasteiger partial charge in [-0.05, 0) is 12.1 Å². The Morgan fingerprint density at radius 1 is 1.35 bits per heavy atom. The van der Waals surface area contributed by atoms with E-state index in [0.717, 1.165) is 30.0 Å². The Kier molecular flexibility index (Phi) is 3.88. The number of nitrogens with zero attached hydrogens (tertiary/aromatic N) is 2.